The quantitative estimate of drug-likeness (QED) is 0.698. The average molecular weight is 429 g/mol. The summed E-state index contributed by atoms with van der Waals surface area (Å²) in [4.78, 5) is 14.6. The van der Waals surface area contributed by atoms with Crippen LogP contribution in [0.3, 0.4) is 0 Å². The van der Waals surface area contributed by atoms with Crippen molar-refractivity contribution in [1.29, 1.82) is 5.26 Å². The number of rotatable bonds is 7. The molecule has 0 bridgehead atoms. The number of piperidine rings is 1. The van der Waals surface area contributed by atoms with E-state index in [4.69, 9.17) is 4.74 Å². The number of nitrogens with one attached hydrogen (secondary N) is 2. The molecule has 0 atom stereocenters. The van der Waals surface area contributed by atoms with Crippen LogP contribution in [-0.4, -0.2) is 45.4 Å². The van der Waals surface area contributed by atoms with Crippen molar-refractivity contribution >= 4 is 16.1 Å². The van der Waals surface area contributed by atoms with Gasteiger partial charge in [-0.3, -0.25) is 4.79 Å². The van der Waals surface area contributed by atoms with Gasteiger partial charge in [0, 0.05) is 37.3 Å². The molecule has 1 amide bonds. The molecule has 0 spiro atoms. The van der Waals surface area contributed by atoms with Gasteiger partial charge in [-0.2, -0.15) is 18.4 Å². The third-order valence-corrected chi connectivity index (χ3v) is 6.17. The normalized spacial score (nSPS) is 14.9. The highest BCUT2D eigenvalue weighted by Gasteiger charge is 2.26. The van der Waals surface area contributed by atoms with E-state index in [1.54, 1.807) is 41.3 Å². The molecule has 1 heterocycles. The minimum atomic E-state index is -3.49. The van der Waals surface area contributed by atoms with Gasteiger partial charge in [0.2, 0.25) is 0 Å². The summed E-state index contributed by atoms with van der Waals surface area (Å²) in [6.45, 7) is 1.17. The van der Waals surface area contributed by atoms with E-state index < -0.39 is 10.2 Å². The SMILES string of the molecule is CNS(=O)(=O)NC1CCN(C(=O)c2cccc(OCc3ccccc3C#N)c2)CC1. The van der Waals surface area contributed by atoms with E-state index in [9.17, 15) is 18.5 Å². The number of carbonyl (C=O) groups excluding carboxylic acids is 1. The summed E-state index contributed by atoms with van der Waals surface area (Å²) in [6.07, 6.45) is 1.10. The Morgan fingerprint density at radius 3 is 2.63 bits per heavy atom. The molecule has 30 heavy (non-hydrogen) atoms. The summed E-state index contributed by atoms with van der Waals surface area (Å²) in [7, 11) is -2.13. The van der Waals surface area contributed by atoms with Crippen molar-refractivity contribution in [2.45, 2.75) is 25.5 Å². The van der Waals surface area contributed by atoms with Gasteiger partial charge in [-0.05, 0) is 37.1 Å². The maximum atomic E-state index is 12.9. The van der Waals surface area contributed by atoms with Crippen LogP contribution < -0.4 is 14.2 Å². The number of hydrogen-bond donors (Lipinski definition) is 2. The lowest BCUT2D eigenvalue weighted by Gasteiger charge is -2.32. The Hall–Kier alpha value is -2.93. The Morgan fingerprint density at radius 1 is 1.20 bits per heavy atom. The third kappa shape index (κ3) is 5.57. The fraction of sp³-hybridized carbons (Fsp3) is 0.333. The van der Waals surface area contributed by atoms with Crippen LogP contribution in [0.2, 0.25) is 0 Å². The van der Waals surface area contributed by atoms with Gasteiger partial charge in [-0.15, -0.1) is 0 Å². The molecule has 158 valence electrons. The predicted molar refractivity (Wildman–Crippen MR) is 112 cm³/mol. The highest BCUT2D eigenvalue weighted by atomic mass is 32.2. The number of nitriles is 1. The number of benzene rings is 2. The van der Waals surface area contributed by atoms with Crippen LogP contribution in [0.1, 0.15) is 34.3 Å². The Kier molecular flexibility index (Phi) is 7.05. The van der Waals surface area contributed by atoms with Gasteiger partial charge in [-0.25, -0.2) is 4.72 Å². The standard InChI is InChI=1S/C21H24N4O4S/c1-23-30(27,28)24-19-9-11-25(12-10-19)21(26)16-7-4-8-20(13-16)29-15-18-6-3-2-5-17(18)14-22/h2-8,13,19,23-24H,9-12,15H2,1H3. The number of carbonyl (C=O) groups is 1. The van der Waals surface area contributed by atoms with Crippen molar-refractivity contribution in [1.82, 2.24) is 14.3 Å². The summed E-state index contributed by atoms with van der Waals surface area (Å²) in [5.74, 6) is 0.429. The fourth-order valence-electron chi connectivity index (χ4n) is 3.30. The third-order valence-electron chi connectivity index (χ3n) is 4.99. The fourth-order valence-corrected chi connectivity index (χ4v) is 4.09. The van der Waals surface area contributed by atoms with E-state index in [2.05, 4.69) is 15.5 Å². The molecule has 1 aliphatic heterocycles. The molecular weight excluding hydrogens is 404 g/mol. The van der Waals surface area contributed by atoms with Crippen LogP contribution in [0.4, 0.5) is 0 Å². The molecule has 0 saturated carbocycles. The van der Waals surface area contributed by atoms with Crippen LogP contribution in [0.15, 0.2) is 48.5 Å². The molecule has 3 rings (SSSR count). The van der Waals surface area contributed by atoms with Crippen molar-refractivity contribution in [3.8, 4) is 11.8 Å². The summed E-state index contributed by atoms with van der Waals surface area (Å²) in [6, 6.07) is 16.1. The van der Waals surface area contributed by atoms with Crippen LogP contribution in [0, 0.1) is 11.3 Å². The van der Waals surface area contributed by atoms with Gasteiger partial charge in [0.05, 0.1) is 11.6 Å². The Morgan fingerprint density at radius 2 is 1.93 bits per heavy atom. The predicted octanol–water partition coefficient (Wildman–Crippen LogP) is 1.80. The van der Waals surface area contributed by atoms with Crippen LogP contribution in [0.25, 0.3) is 0 Å². The van der Waals surface area contributed by atoms with Crippen molar-refractivity contribution in [3.63, 3.8) is 0 Å². The zero-order valence-corrected chi connectivity index (χ0v) is 17.5. The Bertz CT molecular complexity index is 1040. The van der Waals surface area contributed by atoms with Crippen molar-refractivity contribution < 1.29 is 17.9 Å². The van der Waals surface area contributed by atoms with E-state index in [1.807, 2.05) is 12.1 Å². The largest absolute Gasteiger partial charge is 0.489 e. The van der Waals surface area contributed by atoms with Crippen molar-refractivity contribution in [2.75, 3.05) is 20.1 Å². The molecule has 0 unspecified atom stereocenters. The van der Waals surface area contributed by atoms with Crippen molar-refractivity contribution in [3.05, 3.63) is 65.2 Å². The van der Waals surface area contributed by atoms with E-state index in [0.717, 1.165) is 5.56 Å². The molecule has 2 aromatic rings. The second kappa shape index (κ2) is 9.71. The molecule has 1 aliphatic rings. The molecule has 1 fully saturated rings. The summed E-state index contributed by atoms with van der Waals surface area (Å²) >= 11 is 0. The maximum Gasteiger partial charge on any atom is 0.276 e. The molecule has 1 saturated heterocycles. The Balaban J connectivity index is 1.59. The first-order valence-corrected chi connectivity index (χ1v) is 11.1. The lowest BCUT2D eigenvalue weighted by molar-refractivity contribution is 0.0710. The molecule has 2 N–H and O–H groups in total. The van der Waals surface area contributed by atoms with Gasteiger partial charge in [0.25, 0.3) is 16.1 Å². The average Bonchev–Trinajstić information content (AvgIpc) is 2.78. The summed E-state index contributed by atoms with van der Waals surface area (Å²) in [5.41, 5.74) is 1.85. The smallest absolute Gasteiger partial charge is 0.276 e. The zero-order valence-electron chi connectivity index (χ0n) is 16.7. The summed E-state index contributed by atoms with van der Waals surface area (Å²) in [5, 5.41) is 9.17. The van der Waals surface area contributed by atoms with E-state index in [-0.39, 0.29) is 18.6 Å². The van der Waals surface area contributed by atoms with E-state index >= 15 is 0 Å². The van der Waals surface area contributed by atoms with Gasteiger partial charge < -0.3 is 9.64 Å². The first-order valence-electron chi connectivity index (χ1n) is 9.63. The van der Waals surface area contributed by atoms with Crippen molar-refractivity contribution in [2.24, 2.45) is 0 Å². The molecule has 2 aromatic carbocycles. The number of amides is 1. The molecule has 8 nitrogen and oxygen atoms in total. The van der Waals surface area contributed by atoms with Gasteiger partial charge in [0.1, 0.15) is 12.4 Å². The lowest BCUT2D eigenvalue weighted by Crippen LogP contribution is -2.48. The van der Waals surface area contributed by atoms with Crippen LogP contribution >= 0.6 is 0 Å². The minimum Gasteiger partial charge on any atom is -0.489 e. The highest BCUT2D eigenvalue weighted by molar-refractivity contribution is 7.87. The number of ether oxygens (including phenoxy) is 1. The van der Waals surface area contributed by atoms with Crippen LogP contribution in [-0.2, 0) is 16.8 Å². The zero-order chi connectivity index (χ0) is 21.6. The second-order valence-corrected chi connectivity index (χ2v) is 8.63. The van der Waals surface area contributed by atoms with Gasteiger partial charge >= 0.3 is 0 Å². The first-order chi connectivity index (χ1) is 14.4. The molecule has 9 heteroatoms. The summed E-state index contributed by atoms with van der Waals surface area (Å²) < 4.78 is 33.8. The first kappa shape index (κ1) is 21.8. The molecule has 0 radical (unpaired) electrons. The molecular formula is C21H24N4O4S. The van der Waals surface area contributed by atoms with Crippen LogP contribution in [0.5, 0.6) is 5.75 Å². The minimum absolute atomic E-state index is 0.118. The molecule has 0 aliphatic carbocycles. The topological polar surface area (TPSA) is 112 Å². The number of nitrogens with zero attached hydrogens (tertiary/aromatic N) is 2. The number of likely N-dealkylation sites (tertiary alicyclic amines) is 1. The van der Waals surface area contributed by atoms with Gasteiger partial charge in [-0.1, -0.05) is 24.3 Å². The maximum absolute atomic E-state index is 12.9. The Labute approximate surface area is 176 Å². The highest BCUT2D eigenvalue weighted by Crippen LogP contribution is 2.20. The lowest BCUT2D eigenvalue weighted by atomic mass is 10.0. The number of hydrogen-bond acceptors (Lipinski definition) is 5. The molecule has 0 aromatic heterocycles. The van der Waals surface area contributed by atoms with Gasteiger partial charge in [0.15, 0.2) is 0 Å². The monoisotopic (exact) mass is 428 g/mol. The van der Waals surface area contributed by atoms with E-state index in [0.29, 0.717) is 42.8 Å². The second-order valence-electron chi connectivity index (χ2n) is 6.98. The van der Waals surface area contributed by atoms with E-state index in [1.165, 1.54) is 7.05 Å².